The number of allylic oxidation sites excluding steroid dienone is 2. The third kappa shape index (κ3) is 40.4. The van der Waals surface area contributed by atoms with Gasteiger partial charge in [-0.25, -0.2) is 4.57 Å². The second-order valence-corrected chi connectivity index (χ2v) is 17.9. The number of quaternary nitrogens is 1. The van der Waals surface area contributed by atoms with Crippen molar-refractivity contribution in [2.45, 2.75) is 213 Å². The summed E-state index contributed by atoms with van der Waals surface area (Å²) >= 11 is 0. The molecule has 1 unspecified atom stereocenters. The Hall–Kier alpha value is -1.25. The molecule has 0 aromatic rings. The summed E-state index contributed by atoms with van der Waals surface area (Å²) in [4.78, 5) is 35.3. The SMILES string of the molecule is CCCCCCCCCC/C=C/CCCCCC(=O)O[C@H](COC(=O)CCCCCCCCCCCCCCCCC)COP(=O)(O)OCC[N+](C)(C)C. The van der Waals surface area contributed by atoms with E-state index in [-0.39, 0.29) is 25.6 Å². The van der Waals surface area contributed by atoms with Gasteiger partial charge in [0.15, 0.2) is 6.10 Å². The van der Waals surface area contributed by atoms with E-state index in [1.54, 1.807) is 0 Å². The molecule has 0 amide bonds. The average Bonchev–Trinajstić information content (AvgIpc) is 3.12. The number of rotatable bonds is 41. The first-order valence-corrected chi connectivity index (χ1v) is 23.9. The number of esters is 2. The monoisotopic (exact) mass is 789 g/mol. The molecule has 0 aliphatic rings. The minimum atomic E-state index is -4.37. The number of hydrogen-bond acceptors (Lipinski definition) is 7. The number of carbonyl (C=O) groups excluding carboxylic acids is 2. The zero-order valence-electron chi connectivity index (χ0n) is 36.0. The van der Waals surface area contributed by atoms with Crippen LogP contribution in [0.25, 0.3) is 0 Å². The predicted octanol–water partition coefficient (Wildman–Crippen LogP) is 12.6. The first-order chi connectivity index (χ1) is 26.0. The Morgan fingerprint density at radius 2 is 0.944 bits per heavy atom. The van der Waals surface area contributed by atoms with Crippen LogP contribution in [0.15, 0.2) is 12.2 Å². The average molecular weight is 789 g/mol. The van der Waals surface area contributed by atoms with E-state index in [1.807, 2.05) is 21.1 Å². The van der Waals surface area contributed by atoms with Gasteiger partial charge < -0.3 is 18.9 Å². The summed E-state index contributed by atoms with van der Waals surface area (Å²) in [6.45, 7) is 4.43. The van der Waals surface area contributed by atoms with Crippen LogP contribution in [0.3, 0.4) is 0 Å². The Morgan fingerprint density at radius 1 is 0.556 bits per heavy atom. The number of phosphoric acid groups is 1. The normalized spacial score (nSPS) is 13.7. The number of phosphoric ester groups is 1. The van der Waals surface area contributed by atoms with Gasteiger partial charge in [0, 0.05) is 12.8 Å². The lowest BCUT2D eigenvalue weighted by atomic mass is 10.0. The second kappa shape index (κ2) is 37.3. The molecular formula is C44H87NO8P+. The highest BCUT2D eigenvalue weighted by molar-refractivity contribution is 7.47. The maximum atomic E-state index is 12.7. The van der Waals surface area contributed by atoms with Gasteiger partial charge in [-0.15, -0.1) is 0 Å². The Morgan fingerprint density at radius 3 is 1.39 bits per heavy atom. The molecule has 9 nitrogen and oxygen atoms in total. The summed E-state index contributed by atoms with van der Waals surface area (Å²) in [6, 6.07) is 0. The van der Waals surface area contributed by atoms with Crippen LogP contribution in [0.5, 0.6) is 0 Å². The molecule has 0 aromatic carbocycles. The van der Waals surface area contributed by atoms with Crippen LogP contribution in [0.1, 0.15) is 206 Å². The molecular weight excluding hydrogens is 701 g/mol. The zero-order valence-corrected chi connectivity index (χ0v) is 36.9. The van der Waals surface area contributed by atoms with E-state index in [1.165, 1.54) is 128 Å². The molecule has 0 aliphatic carbocycles. The number of unbranched alkanes of at least 4 members (excludes halogenated alkanes) is 25. The smallest absolute Gasteiger partial charge is 0.462 e. The molecule has 1 N–H and O–H groups in total. The minimum absolute atomic E-state index is 0.0321. The van der Waals surface area contributed by atoms with Gasteiger partial charge in [-0.05, 0) is 38.5 Å². The van der Waals surface area contributed by atoms with Crippen molar-refractivity contribution in [2.75, 3.05) is 47.5 Å². The van der Waals surface area contributed by atoms with Crippen LogP contribution in [0.2, 0.25) is 0 Å². The summed E-state index contributed by atoms with van der Waals surface area (Å²) < 4.78 is 34.3. The lowest BCUT2D eigenvalue weighted by molar-refractivity contribution is -0.870. The van der Waals surface area contributed by atoms with E-state index < -0.39 is 26.5 Å². The molecule has 0 saturated heterocycles. The highest BCUT2D eigenvalue weighted by atomic mass is 31.2. The number of nitrogens with zero attached hydrogens (tertiary/aromatic N) is 1. The van der Waals surface area contributed by atoms with E-state index in [9.17, 15) is 19.0 Å². The van der Waals surface area contributed by atoms with Gasteiger partial charge in [0.25, 0.3) is 0 Å². The van der Waals surface area contributed by atoms with Crippen molar-refractivity contribution in [3.8, 4) is 0 Å². The first-order valence-electron chi connectivity index (χ1n) is 22.4. The van der Waals surface area contributed by atoms with Crippen LogP contribution in [-0.4, -0.2) is 74.9 Å². The van der Waals surface area contributed by atoms with Crippen molar-refractivity contribution >= 4 is 19.8 Å². The molecule has 0 heterocycles. The van der Waals surface area contributed by atoms with Gasteiger partial charge in [0.1, 0.15) is 19.8 Å². The molecule has 0 fully saturated rings. The van der Waals surface area contributed by atoms with Crippen LogP contribution in [0, 0.1) is 0 Å². The highest BCUT2D eigenvalue weighted by Crippen LogP contribution is 2.43. The highest BCUT2D eigenvalue weighted by Gasteiger charge is 2.27. The third-order valence-electron chi connectivity index (χ3n) is 9.80. The van der Waals surface area contributed by atoms with Gasteiger partial charge in [-0.3, -0.25) is 18.6 Å². The number of carbonyl (C=O) groups is 2. The van der Waals surface area contributed by atoms with Gasteiger partial charge >= 0.3 is 19.8 Å². The topological polar surface area (TPSA) is 108 Å². The van der Waals surface area contributed by atoms with Crippen LogP contribution in [-0.2, 0) is 32.7 Å². The van der Waals surface area contributed by atoms with Crippen LogP contribution in [0.4, 0.5) is 0 Å². The Balaban J connectivity index is 4.35. The minimum Gasteiger partial charge on any atom is -0.462 e. The maximum absolute atomic E-state index is 12.7. The Labute approximate surface area is 333 Å². The summed E-state index contributed by atoms with van der Waals surface area (Å²) in [5, 5.41) is 0. The van der Waals surface area contributed by atoms with Crippen molar-refractivity contribution in [1.82, 2.24) is 0 Å². The molecule has 2 atom stereocenters. The Bertz CT molecular complexity index is 938. The molecule has 0 bridgehead atoms. The van der Waals surface area contributed by atoms with E-state index in [0.29, 0.717) is 23.9 Å². The summed E-state index contributed by atoms with van der Waals surface area (Å²) in [7, 11) is 1.48. The molecule has 0 aliphatic heterocycles. The van der Waals surface area contributed by atoms with Crippen molar-refractivity contribution < 1.29 is 42.1 Å². The molecule has 10 heteroatoms. The molecule has 320 valence electrons. The van der Waals surface area contributed by atoms with Crippen molar-refractivity contribution in [3.63, 3.8) is 0 Å². The molecule has 0 radical (unpaired) electrons. The largest absolute Gasteiger partial charge is 0.472 e. The second-order valence-electron chi connectivity index (χ2n) is 16.4. The van der Waals surface area contributed by atoms with E-state index >= 15 is 0 Å². The van der Waals surface area contributed by atoms with E-state index in [4.69, 9.17) is 18.5 Å². The molecule has 0 rings (SSSR count). The summed E-state index contributed by atoms with van der Waals surface area (Å²) in [5.41, 5.74) is 0. The molecule has 0 aromatic heterocycles. The predicted molar refractivity (Wildman–Crippen MR) is 224 cm³/mol. The third-order valence-corrected chi connectivity index (χ3v) is 10.8. The van der Waals surface area contributed by atoms with Crippen LogP contribution >= 0.6 is 7.82 Å². The van der Waals surface area contributed by atoms with Gasteiger partial charge in [0.2, 0.25) is 0 Å². The van der Waals surface area contributed by atoms with Crippen molar-refractivity contribution in [3.05, 3.63) is 12.2 Å². The van der Waals surface area contributed by atoms with Gasteiger partial charge in [-0.2, -0.15) is 0 Å². The van der Waals surface area contributed by atoms with E-state index in [0.717, 1.165) is 44.9 Å². The lowest BCUT2D eigenvalue weighted by Gasteiger charge is -2.24. The van der Waals surface area contributed by atoms with Crippen LogP contribution < -0.4 is 0 Å². The summed E-state index contributed by atoms with van der Waals surface area (Å²) in [5.74, 6) is -0.807. The maximum Gasteiger partial charge on any atom is 0.472 e. The van der Waals surface area contributed by atoms with Gasteiger partial charge in [-0.1, -0.05) is 167 Å². The summed E-state index contributed by atoms with van der Waals surface area (Å²) in [6.07, 6.45) is 38.2. The quantitative estimate of drug-likeness (QED) is 0.0214. The molecule has 54 heavy (non-hydrogen) atoms. The fraction of sp³-hybridized carbons (Fsp3) is 0.909. The fourth-order valence-corrected chi connectivity index (χ4v) is 6.99. The molecule has 0 spiro atoms. The number of ether oxygens (including phenoxy) is 2. The van der Waals surface area contributed by atoms with Crippen molar-refractivity contribution in [1.29, 1.82) is 0 Å². The molecule has 0 saturated carbocycles. The fourth-order valence-electron chi connectivity index (χ4n) is 6.24. The number of hydrogen-bond donors (Lipinski definition) is 1. The van der Waals surface area contributed by atoms with Gasteiger partial charge in [0.05, 0.1) is 27.7 Å². The van der Waals surface area contributed by atoms with Crippen molar-refractivity contribution in [2.24, 2.45) is 0 Å². The zero-order chi connectivity index (χ0) is 40.0. The standard InChI is InChI=1S/C44H86NO8P/c1-6-8-10-12-14-16-18-20-22-24-26-28-30-32-34-36-43(46)50-40-42(41-52-54(48,49)51-39-38-45(3,4)5)53-44(47)37-35-33-31-29-27-25-23-21-19-17-15-13-11-9-7-2/h25,27,42H,6-24,26,28-41H2,1-5H3/p+1/b27-25+/t42-/m1/s1. The Kier molecular flexibility index (Phi) is 36.5. The first kappa shape index (κ1) is 52.8. The lowest BCUT2D eigenvalue weighted by Crippen LogP contribution is -2.37. The number of likely N-dealkylation sites (N-methyl/N-ethyl adjacent to an activating group) is 1. The van der Waals surface area contributed by atoms with E-state index in [2.05, 4.69) is 26.0 Å².